The van der Waals surface area contributed by atoms with E-state index in [-0.39, 0.29) is 12.2 Å². The molecule has 0 aliphatic carbocycles. The standard InChI is InChI=1S/C13H17NO3/c1-3-14(4-2)13(17)12(16)9-10-7-5-6-8-11(10)15/h5-8,15H,3-4,9H2,1-2H3. The lowest BCUT2D eigenvalue weighted by atomic mass is 10.1. The van der Waals surface area contributed by atoms with E-state index in [1.165, 1.54) is 11.0 Å². The third-order valence-electron chi connectivity index (χ3n) is 2.63. The number of ketones is 1. The molecule has 1 amide bonds. The highest BCUT2D eigenvalue weighted by atomic mass is 16.3. The number of phenols is 1. The molecule has 0 atom stereocenters. The van der Waals surface area contributed by atoms with Gasteiger partial charge < -0.3 is 10.0 Å². The average Bonchev–Trinajstić information content (AvgIpc) is 2.33. The van der Waals surface area contributed by atoms with E-state index in [1.807, 2.05) is 13.8 Å². The summed E-state index contributed by atoms with van der Waals surface area (Å²) in [7, 11) is 0. The van der Waals surface area contributed by atoms with Crippen molar-refractivity contribution in [2.75, 3.05) is 13.1 Å². The number of hydrogen-bond acceptors (Lipinski definition) is 3. The number of phenolic OH excluding ortho intramolecular Hbond substituents is 1. The highest BCUT2D eigenvalue weighted by Gasteiger charge is 2.20. The summed E-state index contributed by atoms with van der Waals surface area (Å²) in [5.41, 5.74) is 0.484. The van der Waals surface area contributed by atoms with Gasteiger partial charge in [-0.1, -0.05) is 18.2 Å². The molecule has 4 nitrogen and oxygen atoms in total. The fourth-order valence-corrected chi connectivity index (χ4v) is 1.60. The summed E-state index contributed by atoms with van der Waals surface area (Å²) < 4.78 is 0. The molecule has 0 fully saturated rings. The Morgan fingerprint density at radius 3 is 2.29 bits per heavy atom. The van der Waals surface area contributed by atoms with Crippen LogP contribution in [0.4, 0.5) is 0 Å². The first-order valence-electron chi connectivity index (χ1n) is 5.69. The number of carbonyl (C=O) groups is 2. The van der Waals surface area contributed by atoms with Gasteiger partial charge in [-0.05, 0) is 19.9 Å². The van der Waals surface area contributed by atoms with Crippen LogP contribution in [0, 0.1) is 0 Å². The Hall–Kier alpha value is -1.84. The van der Waals surface area contributed by atoms with Crippen molar-refractivity contribution in [2.45, 2.75) is 20.3 Å². The highest BCUT2D eigenvalue weighted by Crippen LogP contribution is 2.16. The first-order chi connectivity index (χ1) is 8.10. The Morgan fingerprint density at radius 1 is 1.18 bits per heavy atom. The second-order valence-electron chi connectivity index (χ2n) is 3.71. The Balaban J connectivity index is 2.73. The number of nitrogens with zero attached hydrogens (tertiary/aromatic N) is 1. The molecule has 1 aromatic carbocycles. The van der Waals surface area contributed by atoms with E-state index < -0.39 is 11.7 Å². The maximum atomic E-state index is 11.7. The Labute approximate surface area is 101 Å². The van der Waals surface area contributed by atoms with Crippen LogP contribution in [0.15, 0.2) is 24.3 Å². The predicted molar refractivity (Wildman–Crippen MR) is 64.7 cm³/mol. The molecule has 0 bridgehead atoms. The van der Waals surface area contributed by atoms with Gasteiger partial charge in [0.05, 0.1) is 0 Å². The van der Waals surface area contributed by atoms with Crippen molar-refractivity contribution < 1.29 is 14.7 Å². The average molecular weight is 235 g/mol. The smallest absolute Gasteiger partial charge is 0.290 e. The minimum Gasteiger partial charge on any atom is -0.508 e. The van der Waals surface area contributed by atoms with Crippen molar-refractivity contribution in [2.24, 2.45) is 0 Å². The molecular weight excluding hydrogens is 218 g/mol. The minimum atomic E-state index is -0.491. The molecule has 0 aliphatic heterocycles. The van der Waals surface area contributed by atoms with E-state index >= 15 is 0 Å². The van der Waals surface area contributed by atoms with E-state index in [1.54, 1.807) is 18.2 Å². The van der Waals surface area contributed by atoms with Crippen LogP contribution in [-0.2, 0) is 16.0 Å². The quantitative estimate of drug-likeness (QED) is 0.784. The fraction of sp³-hybridized carbons (Fsp3) is 0.385. The summed E-state index contributed by atoms with van der Waals surface area (Å²) >= 11 is 0. The van der Waals surface area contributed by atoms with Gasteiger partial charge in [-0.3, -0.25) is 9.59 Å². The summed E-state index contributed by atoms with van der Waals surface area (Å²) in [5.74, 6) is -0.929. The van der Waals surface area contributed by atoms with E-state index in [0.717, 1.165) is 0 Å². The van der Waals surface area contributed by atoms with Gasteiger partial charge in [-0.25, -0.2) is 0 Å². The molecule has 0 aromatic heterocycles. The molecule has 0 radical (unpaired) electrons. The number of likely N-dealkylation sites (N-methyl/N-ethyl adjacent to an activating group) is 1. The zero-order chi connectivity index (χ0) is 12.8. The number of benzene rings is 1. The number of Topliss-reactive ketones (excluding diaryl/α,β-unsaturated/α-hetero) is 1. The second-order valence-corrected chi connectivity index (χ2v) is 3.71. The predicted octanol–water partition coefficient (Wildman–Crippen LogP) is 1.37. The molecule has 1 N–H and O–H groups in total. The van der Waals surface area contributed by atoms with Gasteiger partial charge in [0.1, 0.15) is 5.75 Å². The Kier molecular flexibility index (Phi) is 4.69. The van der Waals surface area contributed by atoms with Gasteiger partial charge >= 0.3 is 0 Å². The number of amides is 1. The van der Waals surface area contributed by atoms with Gasteiger partial charge in [0, 0.05) is 25.1 Å². The number of carbonyl (C=O) groups excluding carboxylic acids is 2. The minimum absolute atomic E-state index is 0.0493. The van der Waals surface area contributed by atoms with Crippen molar-refractivity contribution in [3.05, 3.63) is 29.8 Å². The third kappa shape index (κ3) is 3.31. The van der Waals surface area contributed by atoms with Crippen LogP contribution < -0.4 is 0 Å². The maximum absolute atomic E-state index is 11.7. The Morgan fingerprint density at radius 2 is 1.76 bits per heavy atom. The number of rotatable bonds is 5. The molecule has 1 rings (SSSR count). The largest absolute Gasteiger partial charge is 0.508 e. The molecule has 0 aliphatic rings. The molecule has 0 saturated heterocycles. The van der Waals surface area contributed by atoms with Crippen molar-refractivity contribution in [1.29, 1.82) is 0 Å². The molecule has 0 spiro atoms. The van der Waals surface area contributed by atoms with Crippen LogP contribution in [0.3, 0.4) is 0 Å². The zero-order valence-corrected chi connectivity index (χ0v) is 10.1. The summed E-state index contributed by atoms with van der Waals surface area (Å²) in [5, 5.41) is 9.52. The van der Waals surface area contributed by atoms with Gasteiger partial charge in [0.25, 0.3) is 5.91 Å². The first-order valence-corrected chi connectivity index (χ1v) is 5.69. The topological polar surface area (TPSA) is 57.6 Å². The first kappa shape index (κ1) is 13.2. The van der Waals surface area contributed by atoms with E-state index in [2.05, 4.69) is 0 Å². The maximum Gasteiger partial charge on any atom is 0.290 e. The van der Waals surface area contributed by atoms with Crippen LogP contribution in [0.25, 0.3) is 0 Å². The van der Waals surface area contributed by atoms with E-state index in [4.69, 9.17) is 0 Å². The number of hydrogen-bond donors (Lipinski definition) is 1. The van der Waals surface area contributed by atoms with E-state index in [9.17, 15) is 14.7 Å². The highest BCUT2D eigenvalue weighted by molar-refractivity contribution is 6.36. The van der Waals surface area contributed by atoms with Crippen LogP contribution in [-0.4, -0.2) is 34.8 Å². The lowest BCUT2D eigenvalue weighted by Crippen LogP contribution is -2.37. The number of aromatic hydroxyl groups is 1. The van der Waals surface area contributed by atoms with Crippen LogP contribution >= 0.6 is 0 Å². The normalized spacial score (nSPS) is 10.0. The molecule has 1 aromatic rings. The molecule has 92 valence electrons. The number of para-hydroxylation sites is 1. The molecule has 0 heterocycles. The van der Waals surface area contributed by atoms with Crippen LogP contribution in [0.2, 0.25) is 0 Å². The van der Waals surface area contributed by atoms with Crippen molar-refractivity contribution in [1.82, 2.24) is 4.90 Å². The molecule has 0 unspecified atom stereocenters. The lowest BCUT2D eigenvalue weighted by Gasteiger charge is -2.17. The molecule has 17 heavy (non-hydrogen) atoms. The third-order valence-corrected chi connectivity index (χ3v) is 2.63. The van der Waals surface area contributed by atoms with Crippen LogP contribution in [0.1, 0.15) is 19.4 Å². The van der Waals surface area contributed by atoms with Crippen molar-refractivity contribution in [3.63, 3.8) is 0 Å². The van der Waals surface area contributed by atoms with Gasteiger partial charge in [-0.2, -0.15) is 0 Å². The zero-order valence-electron chi connectivity index (χ0n) is 10.1. The second kappa shape index (κ2) is 6.03. The van der Waals surface area contributed by atoms with Crippen molar-refractivity contribution in [3.8, 4) is 5.75 Å². The molecular formula is C13H17NO3. The van der Waals surface area contributed by atoms with Crippen LogP contribution in [0.5, 0.6) is 5.75 Å². The lowest BCUT2D eigenvalue weighted by molar-refractivity contribution is -0.144. The summed E-state index contributed by atoms with van der Waals surface area (Å²) in [6, 6.07) is 6.55. The van der Waals surface area contributed by atoms with Gasteiger partial charge in [0.15, 0.2) is 0 Å². The fourth-order valence-electron chi connectivity index (χ4n) is 1.60. The van der Waals surface area contributed by atoms with E-state index in [0.29, 0.717) is 18.7 Å². The molecule has 4 heteroatoms. The van der Waals surface area contributed by atoms with Gasteiger partial charge in [0.2, 0.25) is 5.78 Å². The summed E-state index contributed by atoms with van der Waals surface area (Å²) in [6.07, 6.45) is -0.0536. The summed E-state index contributed by atoms with van der Waals surface area (Å²) in [4.78, 5) is 24.9. The SMILES string of the molecule is CCN(CC)C(=O)C(=O)Cc1ccccc1O. The Bertz CT molecular complexity index is 411. The monoisotopic (exact) mass is 235 g/mol. The van der Waals surface area contributed by atoms with Gasteiger partial charge in [-0.15, -0.1) is 0 Å². The summed E-state index contributed by atoms with van der Waals surface area (Å²) in [6.45, 7) is 4.69. The molecule has 0 saturated carbocycles. The van der Waals surface area contributed by atoms with Crippen molar-refractivity contribution >= 4 is 11.7 Å².